The lowest BCUT2D eigenvalue weighted by atomic mass is 10.0. The van der Waals surface area contributed by atoms with Crippen molar-refractivity contribution in [3.05, 3.63) is 23.8 Å². The van der Waals surface area contributed by atoms with E-state index in [4.69, 9.17) is 9.47 Å². The molecule has 1 unspecified atom stereocenters. The number of nitrogens with zero attached hydrogens (tertiary/aromatic N) is 1. The van der Waals surface area contributed by atoms with Crippen LogP contribution in [0.5, 0.6) is 11.5 Å². The van der Waals surface area contributed by atoms with Crippen molar-refractivity contribution in [1.29, 1.82) is 0 Å². The van der Waals surface area contributed by atoms with E-state index < -0.39 is 0 Å². The van der Waals surface area contributed by atoms with Crippen molar-refractivity contribution in [2.45, 2.75) is 32.7 Å². The van der Waals surface area contributed by atoms with Crippen molar-refractivity contribution in [3.8, 4) is 11.5 Å². The normalized spacial score (nSPS) is 17.4. The summed E-state index contributed by atoms with van der Waals surface area (Å²) in [6, 6.07) is 5.81. The van der Waals surface area contributed by atoms with Crippen molar-refractivity contribution >= 4 is 18.3 Å². The maximum Gasteiger partial charge on any atom is 0.254 e. The zero-order valence-electron chi connectivity index (χ0n) is 15.0. The van der Waals surface area contributed by atoms with Crippen molar-refractivity contribution in [2.24, 2.45) is 5.92 Å². The lowest BCUT2D eigenvalue weighted by molar-refractivity contribution is 0.0697. The molecule has 0 radical (unpaired) electrons. The van der Waals surface area contributed by atoms with Crippen LogP contribution in [0.2, 0.25) is 0 Å². The fourth-order valence-electron chi connectivity index (χ4n) is 2.76. The van der Waals surface area contributed by atoms with Gasteiger partial charge in [-0.1, -0.05) is 13.8 Å². The van der Waals surface area contributed by atoms with Gasteiger partial charge in [-0.05, 0) is 44.0 Å². The Morgan fingerprint density at radius 2 is 2.12 bits per heavy atom. The summed E-state index contributed by atoms with van der Waals surface area (Å²) < 4.78 is 11.1. The second-order valence-electron chi connectivity index (χ2n) is 6.45. The third-order valence-electron chi connectivity index (χ3n) is 4.10. The highest BCUT2D eigenvalue weighted by Gasteiger charge is 2.24. The standard InChI is InChI=1S/C18H28N2O3.ClH/c1-13(2)12-23-16-8-7-14(10-17(16)22-4)18(21)20-9-5-6-15(11-20)19-3;/h7-8,10,13,15,19H,5-6,9,11-12H2,1-4H3;1H. The molecule has 2 rings (SSSR count). The van der Waals surface area contributed by atoms with Gasteiger partial charge in [0.1, 0.15) is 0 Å². The predicted octanol–water partition coefficient (Wildman–Crippen LogP) is 2.98. The highest BCUT2D eigenvalue weighted by Crippen LogP contribution is 2.29. The highest BCUT2D eigenvalue weighted by molar-refractivity contribution is 5.95. The number of hydrogen-bond donors (Lipinski definition) is 1. The number of amides is 1. The maximum absolute atomic E-state index is 12.7. The first-order valence-corrected chi connectivity index (χ1v) is 8.32. The largest absolute Gasteiger partial charge is 0.493 e. The van der Waals surface area contributed by atoms with E-state index in [1.165, 1.54) is 0 Å². The third kappa shape index (κ3) is 5.28. The van der Waals surface area contributed by atoms with Crippen molar-refractivity contribution < 1.29 is 14.3 Å². The number of benzene rings is 1. The fourth-order valence-corrected chi connectivity index (χ4v) is 2.76. The molecule has 1 aliphatic heterocycles. The molecule has 1 amide bonds. The van der Waals surface area contributed by atoms with Gasteiger partial charge in [-0.3, -0.25) is 4.79 Å². The number of likely N-dealkylation sites (N-methyl/N-ethyl adjacent to an activating group) is 1. The van der Waals surface area contributed by atoms with Crippen LogP contribution in [0.15, 0.2) is 18.2 Å². The van der Waals surface area contributed by atoms with Crippen LogP contribution in [0.3, 0.4) is 0 Å². The van der Waals surface area contributed by atoms with Gasteiger partial charge in [-0.2, -0.15) is 0 Å². The first-order valence-electron chi connectivity index (χ1n) is 8.32. The molecule has 1 atom stereocenters. The molecular weight excluding hydrogens is 328 g/mol. The quantitative estimate of drug-likeness (QED) is 0.851. The van der Waals surface area contributed by atoms with Crippen LogP contribution in [0.25, 0.3) is 0 Å². The molecule has 1 N–H and O–H groups in total. The van der Waals surface area contributed by atoms with Crippen molar-refractivity contribution in [1.82, 2.24) is 10.2 Å². The third-order valence-corrected chi connectivity index (χ3v) is 4.10. The average Bonchev–Trinajstić information content (AvgIpc) is 2.59. The first-order chi connectivity index (χ1) is 11.0. The van der Waals surface area contributed by atoms with Gasteiger partial charge >= 0.3 is 0 Å². The Morgan fingerprint density at radius 3 is 2.75 bits per heavy atom. The second-order valence-corrected chi connectivity index (χ2v) is 6.45. The number of piperidine rings is 1. The summed E-state index contributed by atoms with van der Waals surface area (Å²) in [6.07, 6.45) is 2.15. The van der Waals surface area contributed by atoms with Gasteiger partial charge in [-0.25, -0.2) is 0 Å². The number of hydrogen-bond acceptors (Lipinski definition) is 4. The predicted molar refractivity (Wildman–Crippen MR) is 98.6 cm³/mol. The minimum atomic E-state index is 0. The zero-order chi connectivity index (χ0) is 16.8. The van der Waals surface area contributed by atoms with E-state index in [2.05, 4.69) is 19.2 Å². The number of methoxy groups -OCH3 is 1. The van der Waals surface area contributed by atoms with E-state index in [9.17, 15) is 4.79 Å². The number of likely N-dealkylation sites (tertiary alicyclic amines) is 1. The van der Waals surface area contributed by atoms with Crippen LogP contribution >= 0.6 is 12.4 Å². The molecule has 1 fully saturated rings. The highest BCUT2D eigenvalue weighted by atomic mass is 35.5. The number of carbonyl (C=O) groups excluding carboxylic acids is 1. The van der Waals surface area contributed by atoms with Crippen LogP contribution < -0.4 is 14.8 Å². The van der Waals surface area contributed by atoms with E-state index in [1.54, 1.807) is 13.2 Å². The summed E-state index contributed by atoms with van der Waals surface area (Å²) in [4.78, 5) is 14.6. The Morgan fingerprint density at radius 1 is 1.38 bits per heavy atom. The molecular formula is C18H29ClN2O3. The molecule has 0 bridgehead atoms. The Labute approximate surface area is 151 Å². The summed E-state index contributed by atoms with van der Waals surface area (Å²) in [5.41, 5.74) is 0.649. The lowest BCUT2D eigenvalue weighted by Crippen LogP contribution is -2.46. The average molecular weight is 357 g/mol. The van der Waals surface area contributed by atoms with Gasteiger partial charge in [-0.15, -0.1) is 12.4 Å². The van der Waals surface area contributed by atoms with Crippen molar-refractivity contribution in [2.75, 3.05) is 33.9 Å². The van der Waals surface area contributed by atoms with Crippen LogP contribution in [0.4, 0.5) is 0 Å². The molecule has 5 nitrogen and oxygen atoms in total. The summed E-state index contributed by atoms with van der Waals surface area (Å²) in [5.74, 6) is 1.79. The molecule has 0 spiro atoms. The van der Waals surface area contributed by atoms with Gasteiger partial charge < -0.3 is 19.7 Å². The Hall–Kier alpha value is -1.46. The van der Waals surface area contributed by atoms with Crippen molar-refractivity contribution in [3.63, 3.8) is 0 Å². The molecule has 0 aromatic heterocycles. The SMILES string of the molecule is CNC1CCCN(C(=O)c2ccc(OCC(C)C)c(OC)c2)C1.Cl. The summed E-state index contributed by atoms with van der Waals surface area (Å²) in [5, 5.41) is 3.26. The molecule has 1 aliphatic rings. The Bertz CT molecular complexity index is 537. The van der Waals surface area contributed by atoms with Gasteiger partial charge in [0.15, 0.2) is 11.5 Å². The number of rotatable bonds is 6. The smallest absolute Gasteiger partial charge is 0.254 e. The van der Waals surface area contributed by atoms with E-state index in [0.29, 0.717) is 35.6 Å². The summed E-state index contributed by atoms with van der Waals surface area (Å²) in [6.45, 7) is 6.38. The van der Waals surface area contributed by atoms with E-state index in [0.717, 1.165) is 25.9 Å². The van der Waals surface area contributed by atoms with Crippen LogP contribution in [0.1, 0.15) is 37.0 Å². The molecule has 24 heavy (non-hydrogen) atoms. The van der Waals surface area contributed by atoms with Crippen LogP contribution in [-0.2, 0) is 0 Å². The van der Waals surface area contributed by atoms with E-state index in [1.807, 2.05) is 24.1 Å². The van der Waals surface area contributed by atoms with E-state index >= 15 is 0 Å². The second kappa shape index (κ2) is 9.74. The van der Waals surface area contributed by atoms with Crippen LogP contribution in [-0.4, -0.2) is 50.7 Å². The minimum Gasteiger partial charge on any atom is -0.493 e. The Balaban J connectivity index is 0.00000288. The minimum absolute atomic E-state index is 0. The monoisotopic (exact) mass is 356 g/mol. The lowest BCUT2D eigenvalue weighted by Gasteiger charge is -2.32. The molecule has 1 heterocycles. The van der Waals surface area contributed by atoms with Gasteiger partial charge in [0.2, 0.25) is 0 Å². The maximum atomic E-state index is 12.7. The molecule has 1 aromatic carbocycles. The van der Waals surface area contributed by atoms with Crippen LogP contribution in [0, 0.1) is 5.92 Å². The number of carbonyl (C=O) groups is 1. The molecule has 0 aliphatic carbocycles. The zero-order valence-corrected chi connectivity index (χ0v) is 15.8. The van der Waals surface area contributed by atoms with Gasteiger partial charge in [0.25, 0.3) is 5.91 Å². The van der Waals surface area contributed by atoms with Gasteiger partial charge in [0.05, 0.1) is 13.7 Å². The summed E-state index contributed by atoms with van der Waals surface area (Å²) in [7, 11) is 3.55. The fraction of sp³-hybridized carbons (Fsp3) is 0.611. The number of nitrogens with one attached hydrogen (secondary N) is 1. The van der Waals surface area contributed by atoms with Gasteiger partial charge in [0, 0.05) is 24.7 Å². The molecule has 1 saturated heterocycles. The number of halogens is 1. The topological polar surface area (TPSA) is 50.8 Å². The molecule has 1 aromatic rings. The first kappa shape index (κ1) is 20.6. The molecule has 6 heteroatoms. The summed E-state index contributed by atoms with van der Waals surface area (Å²) >= 11 is 0. The number of ether oxygens (including phenoxy) is 2. The molecule has 0 saturated carbocycles. The Kier molecular flexibility index (Phi) is 8.36. The molecule has 136 valence electrons. The van der Waals surface area contributed by atoms with E-state index in [-0.39, 0.29) is 18.3 Å².